The van der Waals surface area contributed by atoms with E-state index in [2.05, 4.69) is 10.3 Å². The number of phenols is 1. The molecule has 3 heterocycles. The molecule has 2 aliphatic rings. The Morgan fingerprint density at radius 1 is 1.43 bits per heavy atom. The first kappa shape index (κ1) is 14.2. The van der Waals surface area contributed by atoms with Crippen molar-refractivity contribution < 1.29 is 14.6 Å². The van der Waals surface area contributed by atoms with E-state index in [-0.39, 0.29) is 23.8 Å². The highest BCUT2D eigenvalue weighted by atomic mass is 16.5. The molecule has 1 fully saturated rings. The lowest BCUT2D eigenvalue weighted by Crippen LogP contribution is -2.49. The summed E-state index contributed by atoms with van der Waals surface area (Å²) in [6.45, 7) is 3.50. The number of nitrogens with zero attached hydrogens (tertiary/aromatic N) is 4. The predicted molar refractivity (Wildman–Crippen MR) is 81.0 cm³/mol. The van der Waals surface area contributed by atoms with Gasteiger partial charge in [-0.3, -0.25) is 4.79 Å². The van der Waals surface area contributed by atoms with Crippen molar-refractivity contribution in [3.05, 3.63) is 41.2 Å². The number of carbonyl (C=O) groups excluding carboxylic acids is 1. The third-order valence-corrected chi connectivity index (χ3v) is 4.67. The average Bonchev–Trinajstić information content (AvgIpc) is 3.05. The number of aryl methyl sites for hydroxylation is 1. The molecule has 2 atom stereocenters. The maximum absolute atomic E-state index is 12.7. The van der Waals surface area contributed by atoms with Gasteiger partial charge in [0.05, 0.1) is 30.6 Å². The van der Waals surface area contributed by atoms with Gasteiger partial charge in [0.1, 0.15) is 5.75 Å². The Balaban J connectivity index is 1.57. The van der Waals surface area contributed by atoms with Gasteiger partial charge in [-0.05, 0) is 31.0 Å². The van der Waals surface area contributed by atoms with E-state index in [4.69, 9.17) is 4.74 Å². The van der Waals surface area contributed by atoms with E-state index in [1.54, 1.807) is 30.2 Å². The second-order valence-electron chi connectivity index (χ2n) is 6.13. The van der Waals surface area contributed by atoms with Gasteiger partial charge in [-0.1, -0.05) is 11.3 Å². The summed E-state index contributed by atoms with van der Waals surface area (Å²) in [5, 5.41) is 17.9. The molecule has 4 rings (SSSR count). The van der Waals surface area contributed by atoms with Crippen LogP contribution in [-0.4, -0.2) is 50.1 Å². The minimum absolute atomic E-state index is 0.00186. The molecule has 0 saturated carbocycles. The normalized spacial score (nSPS) is 23.3. The number of benzene rings is 1. The Hall–Kier alpha value is -2.41. The summed E-state index contributed by atoms with van der Waals surface area (Å²) < 4.78 is 7.73. The molecule has 0 bridgehead atoms. The van der Waals surface area contributed by atoms with Gasteiger partial charge >= 0.3 is 0 Å². The molecule has 0 radical (unpaired) electrons. The molecular formula is C16H18N4O3. The summed E-state index contributed by atoms with van der Waals surface area (Å²) in [5.41, 5.74) is 2.20. The Bertz CT molecular complexity index is 758. The molecular weight excluding hydrogens is 296 g/mol. The van der Waals surface area contributed by atoms with E-state index in [1.807, 2.05) is 4.68 Å². The van der Waals surface area contributed by atoms with Crippen LogP contribution in [0.4, 0.5) is 0 Å². The lowest BCUT2D eigenvalue weighted by atomic mass is 9.99. The number of ether oxygens (including phenoxy) is 1. The van der Waals surface area contributed by atoms with Crippen LogP contribution in [-0.2, 0) is 11.3 Å². The number of amides is 1. The fraction of sp³-hybridized carbons (Fsp3) is 0.438. The summed E-state index contributed by atoms with van der Waals surface area (Å²) in [4.78, 5) is 14.5. The van der Waals surface area contributed by atoms with E-state index in [0.717, 1.165) is 17.7 Å². The minimum Gasteiger partial charge on any atom is -0.508 e. The highest BCUT2D eigenvalue weighted by molar-refractivity contribution is 5.94. The van der Waals surface area contributed by atoms with Crippen LogP contribution in [0.2, 0.25) is 0 Å². The van der Waals surface area contributed by atoms with Crippen LogP contribution in [0.3, 0.4) is 0 Å². The zero-order valence-electron chi connectivity index (χ0n) is 12.8. The van der Waals surface area contributed by atoms with Gasteiger partial charge < -0.3 is 14.7 Å². The van der Waals surface area contributed by atoms with E-state index in [1.165, 1.54) is 6.07 Å². The number of phenolic OH excluding ortho intramolecular Hbond substituents is 1. The number of likely N-dealkylation sites (tertiary alicyclic amines) is 1. The molecule has 1 amide bonds. The Labute approximate surface area is 133 Å². The Morgan fingerprint density at radius 3 is 3.13 bits per heavy atom. The van der Waals surface area contributed by atoms with Gasteiger partial charge in [0.15, 0.2) is 0 Å². The SMILES string of the molecule is Cc1ccc(C(=O)N2CC[C@@H]3OCc4cnnn4[C@H]3C2)cc1O. The van der Waals surface area contributed by atoms with Gasteiger partial charge in [-0.15, -0.1) is 5.10 Å². The molecule has 7 heteroatoms. The van der Waals surface area contributed by atoms with Gasteiger partial charge in [-0.2, -0.15) is 0 Å². The fourth-order valence-electron chi connectivity index (χ4n) is 3.29. The number of fused-ring (bicyclic) bond motifs is 3. The number of aromatic nitrogens is 3. The van der Waals surface area contributed by atoms with Crippen LogP contribution < -0.4 is 0 Å². The average molecular weight is 314 g/mol. The van der Waals surface area contributed by atoms with Crippen LogP contribution >= 0.6 is 0 Å². The summed E-state index contributed by atoms with van der Waals surface area (Å²) in [5.74, 6) is 0.0660. The topological polar surface area (TPSA) is 80.5 Å². The first-order valence-corrected chi connectivity index (χ1v) is 7.73. The van der Waals surface area contributed by atoms with Crippen molar-refractivity contribution in [1.82, 2.24) is 19.9 Å². The predicted octanol–water partition coefficient (Wildman–Crippen LogP) is 1.28. The number of rotatable bonds is 1. The molecule has 1 saturated heterocycles. The van der Waals surface area contributed by atoms with Gasteiger partial charge in [0.2, 0.25) is 0 Å². The zero-order chi connectivity index (χ0) is 16.0. The van der Waals surface area contributed by atoms with Crippen molar-refractivity contribution in [2.75, 3.05) is 13.1 Å². The van der Waals surface area contributed by atoms with Crippen LogP contribution in [0, 0.1) is 6.92 Å². The number of hydrogen-bond donors (Lipinski definition) is 1. The first-order valence-electron chi connectivity index (χ1n) is 7.73. The molecule has 23 heavy (non-hydrogen) atoms. The number of carbonyl (C=O) groups is 1. The third-order valence-electron chi connectivity index (χ3n) is 4.67. The van der Waals surface area contributed by atoms with E-state index >= 15 is 0 Å². The monoisotopic (exact) mass is 314 g/mol. The van der Waals surface area contributed by atoms with E-state index in [0.29, 0.717) is 25.3 Å². The van der Waals surface area contributed by atoms with Crippen LogP contribution in [0.15, 0.2) is 24.4 Å². The molecule has 0 unspecified atom stereocenters. The van der Waals surface area contributed by atoms with Crippen molar-refractivity contribution >= 4 is 5.91 Å². The molecule has 0 spiro atoms. The van der Waals surface area contributed by atoms with Crippen molar-refractivity contribution in [3.63, 3.8) is 0 Å². The molecule has 7 nitrogen and oxygen atoms in total. The third kappa shape index (κ3) is 2.37. The number of aromatic hydroxyl groups is 1. The lowest BCUT2D eigenvalue weighted by Gasteiger charge is -2.41. The summed E-state index contributed by atoms with van der Waals surface area (Å²) in [6, 6.07) is 5.04. The molecule has 1 N–H and O–H groups in total. The molecule has 2 aliphatic heterocycles. The number of hydrogen-bond acceptors (Lipinski definition) is 5. The van der Waals surface area contributed by atoms with E-state index in [9.17, 15) is 9.90 Å². The quantitative estimate of drug-likeness (QED) is 0.857. The molecule has 0 aliphatic carbocycles. The van der Waals surface area contributed by atoms with Gasteiger partial charge in [-0.25, -0.2) is 4.68 Å². The highest BCUT2D eigenvalue weighted by Crippen LogP contribution is 2.31. The fourth-order valence-corrected chi connectivity index (χ4v) is 3.29. The summed E-state index contributed by atoms with van der Waals surface area (Å²) >= 11 is 0. The molecule has 2 aromatic rings. The van der Waals surface area contributed by atoms with Crippen LogP contribution in [0.5, 0.6) is 5.75 Å². The number of piperidine rings is 1. The van der Waals surface area contributed by atoms with Gasteiger partial charge in [0, 0.05) is 18.7 Å². The zero-order valence-corrected chi connectivity index (χ0v) is 12.8. The largest absolute Gasteiger partial charge is 0.508 e. The molecule has 1 aromatic heterocycles. The van der Waals surface area contributed by atoms with E-state index < -0.39 is 0 Å². The lowest BCUT2D eigenvalue weighted by molar-refractivity contribution is -0.0605. The standard InChI is InChI=1S/C16H18N4O3/c1-10-2-3-11(6-14(10)21)16(22)19-5-4-15-13(8-19)20-12(9-23-15)7-17-18-20/h2-3,6-7,13,15,21H,4-5,8-9H2,1H3/t13-,15-/m0/s1. The summed E-state index contributed by atoms with van der Waals surface area (Å²) in [7, 11) is 0. The Morgan fingerprint density at radius 2 is 2.30 bits per heavy atom. The Kier molecular flexibility index (Phi) is 3.30. The minimum atomic E-state index is -0.0778. The smallest absolute Gasteiger partial charge is 0.254 e. The van der Waals surface area contributed by atoms with Crippen molar-refractivity contribution in [2.45, 2.75) is 32.1 Å². The summed E-state index contributed by atoms with van der Waals surface area (Å²) in [6.07, 6.45) is 2.54. The molecule has 1 aromatic carbocycles. The van der Waals surface area contributed by atoms with Crippen molar-refractivity contribution in [3.8, 4) is 5.75 Å². The maximum atomic E-state index is 12.7. The van der Waals surface area contributed by atoms with Crippen LogP contribution in [0.25, 0.3) is 0 Å². The van der Waals surface area contributed by atoms with Crippen LogP contribution in [0.1, 0.15) is 34.1 Å². The second-order valence-corrected chi connectivity index (χ2v) is 6.13. The van der Waals surface area contributed by atoms with Gasteiger partial charge in [0.25, 0.3) is 5.91 Å². The maximum Gasteiger partial charge on any atom is 0.254 e. The molecule has 120 valence electrons. The highest BCUT2D eigenvalue weighted by Gasteiger charge is 2.38. The second kappa shape index (κ2) is 5.34. The van der Waals surface area contributed by atoms with Crippen molar-refractivity contribution in [2.24, 2.45) is 0 Å². The van der Waals surface area contributed by atoms with Crippen molar-refractivity contribution in [1.29, 1.82) is 0 Å². The first-order chi connectivity index (χ1) is 11.1.